The predicted octanol–water partition coefficient (Wildman–Crippen LogP) is 1.47. The van der Waals surface area contributed by atoms with Gasteiger partial charge in [0.25, 0.3) is 0 Å². The molecule has 0 saturated heterocycles. The lowest BCUT2D eigenvalue weighted by Crippen LogP contribution is -2.07. The summed E-state index contributed by atoms with van der Waals surface area (Å²) in [5, 5.41) is 2.32. The van der Waals surface area contributed by atoms with Gasteiger partial charge < -0.3 is 5.73 Å². The van der Waals surface area contributed by atoms with Gasteiger partial charge in [-0.1, -0.05) is 6.07 Å². The number of anilines is 1. The second-order valence-corrected chi connectivity index (χ2v) is 4.32. The molecule has 5 heteroatoms. The Morgan fingerprint density at radius 2 is 2.31 bits per heavy atom. The zero-order chi connectivity index (χ0) is 11.4. The fourth-order valence-electron chi connectivity index (χ4n) is 1.40. The average molecular weight is 233 g/mol. The van der Waals surface area contributed by atoms with Crippen molar-refractivity contribution < 1.29 is 4.79 Å². The number of carbonyl (C=O) groups excluding carboxylic acids is 1. The van der Waals surface area contributed by atoms with Gasteiger partial charge in [0.1, 0.15) is 5.78 Å². The van der Waals surface area contributed by atoms with Crippen LogP contribution in [0, 0.1) is 0 Å². The Bertz CT molecular complexity index is 481. The van der Waals surface area contributed by atoms with Crippen LogP contribution in [-0.2, 0) is 17.6 Å². The van der Waals surface area contributed by atoms with Crippen LogP contribution >= 0.6 is 11.3 Å². The van der Waals surface area contributed by atoms with Crippen LogP contribution in [0.3, 0.4) is 0 Å². The van der Waals surface area contributed by atoms with Crippen molar-refractivity contribution in [1.29, 1.82) is 0 Å². The SMILES string of the molecule is Nc1nc(CC(=O)Cc2cccnc2)cs1. The molecule has 0 saturated carbocycles. The van der Waals surface area contributed by atoms with E-state index >= 15 is 0 Å². The normalized spacial score (nSPS) is 10.2. The summed E-state index contributed by atoms with van der Waals surface area (Å²) in [5.41, 5.74) is 7.17. The molecule has 2 heterocycles. The van der Waals surface area contributed by atoms with Crippen LogP contribution in [0.4, 0.5) is 5.13 Å². The van der Waals surface area contributed by atoms with Crippen LogP contribution in [0.5, 0.6) is 0 Å². The van der Waals surface area contributed by atoms with Crippen molar-refractivity contribution in [3.63, 3.8) is 0 Å². The molecule has 0 fully saturated rings. The smallest absolute Gasteiger partial charge is 0.180 e. The monoisotopic (exact) mass is 233 g/mol. The number of thiazole rings is 1. The molecule has 0 bridgehead atoms. The fourth-order valence-corrected chi connectivity index (χ4v) is 1.96. The lowest BCUT2D eigenvalue weighted by Gasteiger charge is -1.98. The van der Waals surface area contributed by atoms with Gasteiger partial charge in [0.05, 0.1) is 5.69 Å². The molecule has 2 aromatic heterocycles. The Morgan fingerprint density at radius 1 is 1.44 bits per heavy atom. The number of nitrogens with zero attached hydrogens (tertiary/aromatic N) is 2. The van der Waals surface area contributed by atoms with Gasteiger partial charge in [-0.05, 0) is 11.6 Å². The highest BCUT2D eigenvalue weighted by molar-refractivity contribution is 7.13. The standard InChI is InChI=1S/C11H11N3OS/c12-11-14-9(7-16-11)5-10(15)4-8-2-1-3-13-6-8/h1-3,6-7H,4-5H2,(H2,12,14). The zero-order valence-electron chi connectivity index (χ0n) is 8.59. The number of aromatic nitrogens is 2. The molecular weight excluding hydrogens is 222 g/mol. The Balaban J connectivity index is 1.95. The van der Waals surface area contributed by atoms with Gasteiger partial charge in [0.2, 0.25) is 0 Å². The molecule has 0 aromatic carbocycles. The molecule has 2 rings (SSSR count). The van der Waals surface area contributed by atoms with E-state index in [2.05, 4.69) is 9.97 Å². The van der Waals surface area contributed by atoms with Gasteiger partial charge in [-0.2, -0.15) is 0 Å². The maximum atomic E-state index is 11.7. The van der Waals surface area contributed by atoms with Crippen LogP contribution in [0.2, 0.25) is 0 Å². The second-order valence-electron chi connectivity index (χ2n) is 3.43. The first kappa shape index (κ1) is 10.8. The summed E-state index contributed by atoms with van der Waals surface area (Å²) in [5.74, 6) is 0.123. The van der Waals surface area contributed by atoms with Gasteiger partial charge in [-0.15, -0.1) is 11.3 Å². The summed E-state index contributed by atoms with van der Waals surface area (Å²) in [7, 11) is 0. The molecular formula is C11H11N3OS. The average Bonchev–Trinajstić information content (AvgIpc) is 2.65. The Kier molecular flexibility index (Phi) is 3.26. The van der Waals surface area contributed by atoms with Crippen LogP contribution in [0.25, 0.3) is 0 Å². The van der Waals surface area contributed by atoms with E-state index in [9.17, 15) is 4.79 Å². The molecule has 2 N–H and O–H groups in total. The highest BCUT2D eigenvalue weighted by atomic mass is 32.1. The first-order valence-electron chi connectivity index (χ1n) is 4.84. The first-order chi connectivity index (χ1) is 7.74. The van der Waals surface area contributed by atoms with E-state index in [1.165, 1.54) is 11.3 Å². The summed E-state index contributed by atoms with van der Waals surface area (Å²) >= 11 is 1.35. The molecule has 0 aliphatic rings. The molecule has 0 atom stereocenters. The number of carbonyl (C=O) groups is 1. The van der Waals surface area contributed by atoms with E-state index in [0.29, 0.717) is 18.0 Å². The predicted molar refractivity (Wildman–Crippen MR) is 63.2 cm³/mol. The van der Waals surface area contributed by atoms with Gasteiger partial charge in [0, 0.05) is 30.6 Å². The molecule has 82 valence electrons. The molecule has 16 heavy (non-hydrogen) atoms. The van der Waals surface area contributed by atoms with E-state index < -0.39 is 0 Å². The van der Waals surface area contributed by atoms with Crippen LogP contribution in [0.15, 0.2) is 29.9 Å². The van der Waals surface area contributed by atoms with Crippen molar-refractivity contribution in [3.05, 3.63) is 41.2 Å². The zero-order valence-corrected chi connectivity index (χ0v) is 9.41. The minimum Gasteiger partial charge on any atom is -0.375 e. The Hall–Kier alpha value is -1.75. The molecule has 0 amide bonds. The third-order valence-corrected chi connectivity index (χ3v) is 2.79. The summed E-state index contributed by atoms with van der Waals surface area (Å²) in [6.45, 7) is 0. The highest BCUT2D eigenvalue weighted by Gasteiger charge is 2.07. The van der Waals surface area contributed by atoms with E-state index in [0.717, 1.165) is 11.3 Å². The molecule has 0 aliphatic heterocycles. The first-order valence-corrected chi connectivity index (χ1v) is 5.72. The highest BCUT2D eigenvalue weighted by Crippen LogP contribution is 2.12. The van der Waals surface area contributed by atoms with Crippen molar-refractivity contribution in [3.8, 4) is 0 Å². The number of rotatable bonds is 4. The van der Waals surface area contributed by atoms with Gasteiger partial charge in [-0.3, -0.25) is 9.78 Å². The number of ketones is 1. The van der Waals surface area contributed by atoms with Crippen molar-refractivity contribution in [2.75, 3.05) is 5.73 Å². The molecule has 4 nitrogen and oxygen atoms in total. The van der Waals surface area contributed by atoms with Crippen molar-refractivity contribution in [2.45, 2.75) is 12.8 Å². The maximum Gasteiger partial charge on any atom is 0.180 e. The van der Waals surface area contributed by atoms with E-state index in [1.54, 1.807) is 12.4 Å². The van der Waals surface area contributed by atoms with Gasteiger partial charge in [-0.25, -0.2) is 4.98 Å². The van der Waals surface area contributed by atoms with Crippen LogP contribution < -0.4 is 5.73 Å². The molecule has 0 radical (unpaired) electrons. The number of hydrogen-bond acceptors (Lipinski definition) is 5. The third-order valence-electron chi connectivity index (χ3n) is 2.07. The minimum atomic E-state index is 0.123. The lowest BCUT2D eigenvalue weighted by molar-refractivity contribution is -0.117. The number of nitrogen functional groups attached to an aromatic ring is 1. The van der Waals surface area contributed by atoms with Crippen LogP contribution in [-0.4, -0.2) is 15.8 Å². The fraction of sp³-hybridized carbons (Fsp3) is 0.182. The number of pyridine rings is 1. The summed E-state index contributed by atoms with van der Waals surface area (Å²) in [6, 6.07) is 3.71. The van der Waals surface area contributed by atoms with Gasteiger partial charge >= 0.3 is 0 Å². The number of nitrogens with two attached hydrogens (primary N) is 1. The van der Waals surface area contributed by atoms with Crippen molar-refractivity contribution >= 4 is 22.3 Å². The number of Topliss-reactive ketones (excluding diaryl/α,β-unsaturated/α-hetero) is 1. The van der Waals surface area contributed by atoms with E-state index in [4.69, 9.17) is 5.73 Å². The van der Waals surface area contributed by atoms with Crippen LogP contribution in [0.1, 0.15) is 11.3 Å². The van der Waals surface area contributed by atoms with Crippen molar-refractivity contribution in [2.24, 2.45) is 0 Å². The minimum absolute atomic E-state index is 0.123. The summed E-state index contributed by atoms with van der Waals surface area (Å²) < 4.78 is 0. The summed E-state index contributed by atoms with van der Waals surface area (Å²) in [6.07, 6.45) is 4.12. The van der Waals surface area contributed by atoms with E-state index in [1.807, 2.05) is 17.5 Å². The van der Waals surface area contributed by atoms with Gasteiger partial charge in [0.15, 0.2) is 5.13 Å². The van der Waals surface area contributed by atoms with Crippen molar-refractivity contribution in [1.82, 2.24) is 9.97 Å². The molecule has 0 aliphatic carbocycles. The molecule has 0 unspecified atom stereocenters. The second kappa shape index (κ2) is 4.85. The Morgan fingerprint density at radius 3 is 2.94 bits per heavy atom. The van der Waals surface area contributed by atoms with E-state index in [-0.39, 0.29) is 5.78 Å². The largest absolute Gasteiger partial charge is 0.375 e. The Labute approximate surface area is 97.2 Å². The lowest BCUT2D eigenvalue weighted by atomic mass is 10.1. The topological polar surface area (TPSA) is 68.9 Å². The maximum absolute atomic E-state index is 11.7. The quantitative estimate of drug-likeness (QED) is 0.868. The summed E-state index contributed by atoms with van der Waals surface area (Å²) in [4.78, 5) is 19.7. The number of hydrogen-bond donors (Lipinski definition) is 1. The molecule has 2 aromatic rings. The molecule has 0 spiro atoms. The third kappa shape index (κ3) is 2.87.